The van der Waals surface area contributed by atoms with Crippen molar-refractivity contribution < 1.29 is 4.79 Å². The summed E-state index contributed by atoms with van der Waals surface area (Å²) in [4.78, 5) is 12.3. The summed E-state index contributed by atoms with van der Waals surface area (Å²) in [5.74, 6) is 1.10. The molecule has 0 heterocycles. The third-order valence-electron chi connectivity index (χ3n) is 2.82. The van der Waals surface area contributed by atoms with Crippen molar-refractivity contribution in [3.63, 3.8) is 0 Å². The molecule has 0 aliphatic heterocycles. The fourth-order valence-electron chi connectivity index (χ4n) is 2.11. The van der Waals surface area contributed by atoms with E-state index in [9.17, 15) is 4.79 Å². The van der Waals surface area contributed by atoms with E-state index in [0.717, 1.165) is 24.8 Å². The fourth-order valence-corrected chi connectivity index (χ4v) is 2.11. The second kappa shape index (κ2) is 6.47. The van der Waals surface area contributed by atoms with Gasteiger partial charge in [-0.2, -0.15) is 0 Å². The number of ketones is 1. The van der Waals surface area contributed by atoms with E-state index >= 15 is 0 Å². The predicted octanol–water partition coefficient (Wildman–Crippen LogP) is 4.33. The fraction of sp³-hybridized carbons (Fsp3) is 0.533. The minimum Gasteiger partial charge on any atom is -0.294 e. The van der Waals surface area contributed by atoms with Gasteiger partial charge in [0.05, 0.1) is 0 Å². The summed E-state index contributed by atoms with van der Waals surface area (Å²) in [6, 6.07) is 9.67. The van der Waals surface area contributed by atoms with Gasteiger partial charge in [0.25, 0.3) is 0 Å². The lowest BCUT2D eigenvalue weighted by Crippen LogP contribution is -2.16. The van der Waals surface area contributed by atoms with Crippen molar-refractivity contribution in [1.82, 2.24) is 0 Å². The Balaban J connectivity index is 2.74. The van der Waals surface area contributed by atoms with Crippen molar-refractivity contribution >= 4 is 5.78 Å². The van der Waals surface area contributed by atoms with Gasteiger partial charge < -0.3 is 0 Å². The van der Waals surface area contributed by atoms with Gasteiger partial charge in [-0.05, 0) is 18.8 Å². The smallest absolute Gasteiger partial charge is 0.165 e. The third-order valence-corrected chi connectivity index (χ3v) is 2.82. The molecule has 0 saturated heterocycles. The molecule has 88 valence electrons. The van der Waals surface area contributed by atoms with E-state index in [1.807, 2.05) is 30.3 Å². The lowest BCUT2D eigenvalue weighted by Gasteiger charge is -2.17. The van der Waals surface area contributed by atoms with Crippen molar-refractivity contribution in [1.29, 1.82) is 0 Å². The summed E-state index contributed by atoms with van der Waals surface area (Å²) in [5, 5.41) is 0. The molecule has 0 aliphatic carbocycles. The molecule has 0 amide bonds. The number of carbonyl (C=O) groups is 1. The highest BCUT2D eigenvalue weighted by Crippen LogP contribution is 2.21. The molecular weight excluding hydrogens is 196 g/mol. The summed E-state index contributed by atoms with van der Waals surface area (Å²) >= 11 is 0. The van der Waals surface area contributed by atoms with E-state index < -0.39 is 0 Å². The second-order valence-electron chi connectivity index (χ2n) is 4.85. The zero-order valence-electron chi connectivity index (χ0n) is 10.6. The highest BCUT2D eigenvalue weighted by atomic mass is 16.1. The molecule has 1 aromatic carbocycles. The molecule has 0 spiro atoms. The Morgan fingerprint density at radius 3 is 2.31 bits per heavy atom. The molecule has 0 aliphatic rings. The molecule has 1 nitrogen and oxygen atoms in total. The summed E-state index contributed by atoms with van der Waals surface area (Å²) < 4.78 is 0. The zero-order chi connectivity index (χ0) is 12.0. The van der Waals surface area contributed by atoms with Gasteiger partial charge in [-0.3, -0.25) is 4.79 Å². The first-order chi connectivity index (χ1) is 7.65. The van der Waals surface area contributed by atoms with Crippen molar-refractivity contribution in [3.05, 3.63) is 35.9 Å². The normalized spacial score (nSPS) is 12.8. The standard InChI is InChI=1S/C15H22O/c1-4-8-14(11-12(2)3)15(16)13-9-6-5-7-10-13/h5-7,9-10,12,14H,4,8,11H2,1-3H3. The largest absolute Gasteiger partial charge is 0.294 e. The molecular formula is C15H22O. The Hall–Kier alpha value is -1.11. The van der Waals surface area contributed by atoms with Gasteiger partial charge in [0.1, 0.15) is 0 Å². The summed E-state index contributed by atoms with van der Waals surface area (Å²) in [6.07, 6.45) is 3.09. The number of hydrogen-bond donors (Lipinski definition) is 0. The monoisotopic (exact) mass is 218 g/mol. The summed E-state index contributed by atoms with van der Waals surface area (Å²) in [6.45, 7) is 6.51. The molecule has 0 fully saturated rings. The number of carbonyl (C=O) groups excluding carboxylic acids is 1. The SMILES string of the molecule is CCCC(CC(C)C)C(=O)c1ccccc1. The number of benzene rings is 1. The highest BCUT2D eigenvalue weighted by molar-refractivity contribution is 5.97. The van der Waals surface area contributed by atoms with Gasteiger partial charge in [0, 0.05) is 11.5 Å². The minimum atomic E-state index is 0.201. The Kier molecular flexibility index (Phi) is 5.24. The van der Waals surface area contributed by atoms with Crippen LogP contribution in [0.5, 0.6) is 0 Å². The Bertz CT molecular complexity index is 313. The molecule has 1 heteroatoms. The van der Waals surface area contributed by atoms with Crippen LogP contribution in [0, 0.1) is 11.8 Å². The van der Waals surface area contributed by atoms with Gasteiger partial charge in [-0.15, -0.1) is 0 Å². The van der Waals surface area contributed by atoms with E-state index in [0.29, 0.717) is 11.7 Å². The highest BCUT2D eigenvalue weighted by Gasteiger charge is 2.19. The van der Waals surface area contributed by atoms with Crippen LogP contribution in [0.4, 0.5) is 0 Å². The van der Waals surface area contributed by atoms with Crippen LogP contribution in [-0.2, 0) is 0 Å². The average molecular weight is 218 g/mol. The molecule has 1 rings (SSSR count). The molecule has 1 atom stereocenters. The lowest BCUT2D eigenvalue weighted by molar-refractivity contribution is 0.0895. The molecule has 1 aromatic rings. The zero-order valence-corrected chi connectivity index (χ0v) is 10.6. The van der Waals surface area contributed by atoms with Gasteiger partial charge in [-0.1, -0.05) is 57.5 Å². The van der Waals surface area contributed by atoms with Gasteiger partial charge in [0.15, 0.2) is 5.78 Å². The van der Waals surface area contributed by atoms with Crippen LogP contribution < -0.4 is 0 Å². The van der Waals surface area contributed by atoms with E-state index in [4.69, 9.17) is 0 Å². The lowest BCUT2D eigenvalue weighted by atomic mass is 9.86. The van der Waals surface area contributed by atoms with Crippen molar-refractivity contribution in [3.8, 4) is 0 Å². The summed E-state index contributed by atoms with van der Waals surface area (Å²) in [5.41, 5.74) is 0.863. The van der Waals surface area contributed by atoms with Crippen LogP contribution in [0.15, 0.2) is 30.3 Å². The van der Waals surface area contributed by atoms with Gasteiger partial charge in [-0.25, -0.2) is 0 Å². The van der Waals surface area contributed by atoms with Crippen LogP contribution in [-0.4, -0.2) is 5.78 Å². The van der Waals surface area contributed by atoms with Gasteiger partial charge in [0.2, 0.25) is 0 Å². The van der Waals surface area contributed by atoms with Crippen molar-refractivity contribution in [2.75, 3.05) is 0 Å². The molecule has 1 unspecified atom stereocenters. The van der Waals surface area contributed by atoms with Crippen molar-refractivity contribution in [2.45, 2.75) is 40.0 Å². The number of hydrogen-bond acceptors (Lipinski definition) is 1. The second-order valence-corrected chi connectivity index (χ2v) is 4.85. The van der Waals surface area contributed by atoms with Crippen LogP contribution in [0.2, 0.25) is 0 Å². The van der Waals surface area contributed by atoms with E-state index in [1.54, 1.807) is 0 Å². The molecule has 0 radical (unpaired) electrons. The number of Topliss-reactive ketones (excluding diaryl/α,β-unsaturated/α-hetero) is 1. The number of rotatable bonds is 6. The Morgan fingerprint density at radius 1 is 1.19 bits per heavy atom. The first-order valence-corrected chi connectivity index (χ1v) is 6.24. The van der Waals surface area contributed by atoms with Crippen LogP contribution >= 0.6 is 0 Å². The molecule has 0 N–H and O–H groups in total. The average Bonchev–Trinajstić information content (AvgIpc) is 2.28. The minimum absolute atomic E-state index is 0.201. The van der Waals surface area contributed by atoms with E-state index in [2.05, 4.69) is 20.8 Å². The Labute approximate surface area is 98.9 Å². The van der Waals surface area contributed by atoms with Crippen LogP contribution in [0.3, 0.4) is 0 Å². The van der Waals surface area contributed by atoms with E-state index in [-0.39, 0.29) is 5.92 Å². The first kappa shape index (κ1) is 13.0. The van der Waals surface area contributed by atoms with E-state index in [1.165, 1.54) is 0 Å². The Morgan fingerprint density at radius 2 is 1.81 bits per heavy atom. The maximum Gasteiger partial charge on any atom is 0.165 e. The molecule has 0 aromatic heterocycles. The molecule has 0 bridgehead atoms. The van der Waals surface area contributed by atoms with Crippen LogP contribution in [0.1, 0.15) is 50.4 Å². The predicted molar refractivity (Wildman–Crippen MR) is 68.6 cm³/mol. The molecule has 16 heavy (non-hydrogen) atoms. The first-order valence-electron chi connectivity index (χ1n) is 6.24. The van der Waals surface area contributed by atoms with Crippen LogP contribution in [0.25, 0.3) is 0 Å². The maximum absolute atomic E-state index is 12.3. The topological polar surface area (TPSA) is 17.1 Å². The quantitative estimate of drug-likeness (QED) is 0.649. The van der Waals surface area contributed by atoms with Gasteiger partial charge >= 0.3 is 0 Å². The van der Waals surface area contributed by atoms with Crippen molar-refractivity contribution in [2.24, 2.45) is 11.8 Å². The summed E-state index contributed by atoms with van der Waals surface area (Å²) in [7, 11) is 0. The molecule has 0 saturated carbocycles. The maximum atomic E-state index is 12.3. The third kappa shape index (κ3) is 3.80.